The van der Waals surface area contributed by atoms with Crippen molar-refractivity contribution in [3.8, 4) is 0 Å². The van der Waals surface area contributed by atoms with Gasteiger partial charge in [0.2, 0.25) is 0 Å². The van der Waals surface area contributed by atoms with Crippen molar-refractivity contribution in [2.24, 2.45) is 0 Å². The maximum atomic E-state index is 9.29. The van der Waals surface area contributed by atoms with Gasteiger partial charge >= 0.3 is 5.97 Å². The number of thiol groups is 1. The smallest absolute Gasteiger partial charge is 0.313 e. The summed E-state index contributed by atoms with van der Waals surface area (Å²) < 4.78 is 0. The van der Waals surface area contributed by atoms with Crippen molar-refractivity contribution < 1.29 is 42.6 Å². The van der Waals surface area contributed by atoms with Crippen LogP contribution in [0.25, 0.3) is 0 Å². The molecular formula is C2H4O2SY. The molecule has 1 N–H and O–H groups in total. The van der Waals surface area contributed by atoms with E-state index in [0.717, 1.165) is 0 Å². The molecule has 0 bridgehead atoms. The number of rotatable bonds is 1. The summed E-state index contributed by atoms with van der Waals surface area (Å²) >= 11 is 3.42. The van der Waals surface area contributed by atoms with E-state index in [4.69, 9.17) is 5.11 Å². The van der Waals surface area contributed by atoms with Gasteiger partial charge in [-0.1, -0.05) is 0 Å². The molecule has 0 atom stereocenters. The van der Waals surface area contributed by atoms with Crippen molar-refractivity contribution in [3.63, 3.8) is 0 Å². The second-order valence-electron chi connectivity index (χ2n) is 0.552. The van der Waals surface area contributed by atoms with Crippen LogP contribution in [0, 0.1) is 0 Å². The zero-order chi connectivity index (χ0) is 4.28. The molecule has 1 radical (unpaired) electrons. The molecule has 0 unspecified atom stereocenters. The van der Waals surface area contributed by atoms with E-state index in [0.29, 0.717) is 0 Å². The minimum atomic E-state index is -0.881. The third-order valence-electron chi connectivity index (χ3n) is 0.135. The first kappa shape index (κ1) is 10.0. The van der Waals surface area contributed by atoms with E-state index in [1.165, 1.54) is 0 Å². The number of hydrogen-bond acceptors (Lipinski definition) is 2. The van der Waals surface area contributed by atoms with Crippen LogP contribution < -0.4 is 0 Å². The summed E-state index contributed by atoms with van der Waals surface area (Å²) in [5.74, 6) is -0.965. The molecule has 0 rings (SSSR count). The summed E-state index contributed by atoms with van der Waals surface area (Å²) in [6.07, 6.45) is 0. The van der Waals surface area contributed by atoms with Crippen LogP contribution in [-0.2, 0) is 37.5 Å². The first-order valence-electron chi connectivity index (χ1n) is 1.10. The molecule has 0 saturated heterocycles. The van der Waals surface area contributed by atoms with Crippen LogP contribution in [0.3, 0.4) is 0 Å². The van der Waals surface area contributed by atoms with E-state index < -0.39 is 5.97 Å². The van der Waals surface area contributed by atoms with Crippen LogP contribution in [-0.4, -0.2) is 16.8 Å². The van der Waals surface area contributed by atoms with Crippen LogP contribution in [0.5, 0.6) is 0 Å². The van der Waals surface area contributed by atoms with Crippen molar-refractivity contribution in [2.75, 3.05) is 5.75 Å². The molecule has 4 heteroatoms. The Hall–Kier alpha value is 0.924. The quantitative estimate of drug-likeness (QED) is 0.558. The predicted molar refractivity (Wildman–Crippen MR) is 21.5 cm³/mol. The van der Waals surface area contributed by atoms with Crippen molar-refractivity contribution in [2.45, 2.75) is 0 Å². The average Bonchev–Trinajstić information content (AvgIpc) is 1.38. The van der Waals surface area contributed by atoms with Crippen molar-refractivity contribution in [1.29, 1.82) is 0 Å². The molecule has 6 heavy (non-hydrogen) atoms. The Balaban J connectivity index is 0. The van der Waals surface area contributed by atoms with E-state index in [1.807, 2.05) is 0 Å². The monoisotopic (exact) mass is 181 g/mol. The largest absolute Gasteiger partial charge is 0.481 e. The van der Waals surface area contributed by atoms with E-state index in [9.17, 15) is 4.79 Å². The molecule has 0 saturated carbocycles. The zero-order valence-electron chi connectivity index (χ0n) is 3.09. The normalized spacial score (nSPS) is 6.17. The van der Waals surface area contributed by atoms with Crippen LogP contribution in [0.2, 0.25) is 0 Å². The standard InChI is InChI=1S/C2H4O2S.Y/c3-2(4)1-5;/h5H,1H2,(H,3,4);. The van der Waals surface area contributed by atoms with Crippen molar-refractivity contribution in [3.05, 3.63) is 0 Å². The van der Waals surface area contributed by atoms with E-state index in [1.54, 1.807) is 0 Å². The van der Waals surface area contributed by atoms with Gasteiger partial charge in [-0.3, -0.25) is 4.79 Å². The van der Waals surface area contributed by atoms with Gasteiger partial charge in [0.15, 0.2) is 0 Å². The Bertz CT molecular complexity index is 46.8. The maximum absolute atomic E-state index is 9.29. The van der Waals surface area contributed by atoms with E-state index in [2.05, 4.69) is 12.6 Å². The SMILES string of the molecule is O=C(O)CS.[Y]. The molecule has 0 aliphatic heterocycles. The summed E-state index contributed by atoms with van der Waals surface area (Å²) in [5.41, 5.74) is 0. The second-order valence-corrected chi connectivity index (χ2v) is 0.868. The van der Waals surface area contributed by atoms with Gasteiger partial charge in [0.05, 0.1) is 5.75 Å². The third-order valence-corrected chi connectivity index (χ3v) is 0.406. The van der Waals surface area contributed by atoms with Gasteiger partial charge in [-0.2, -0.15) is 12.6 Å². The van der Waals surface area contributed by atoms with E-state index >= 15 is 0 Å². The van der Waals surface area contributed by atoms with Crippen LogP contribution in [0.4, 0.5) is 0 Å². The molecule has 0 spiro atoms. The Morgan fingerprint density at radius 2 is 2.00 bits per heavy atom. The number of carboxylic acid groups (broad SMARTS) is 1. The Morgan fingerprint density at radius 1 is 1.83 bits per heavy atom. The number of hydrogen-bond donors (Lipinski definition) is 2. The fourth-order valence-electron chi connectivity index (χ4n) is 0. The van der Waals surface area contributed by atoms with Gasteiger partial charge in [0.25, 0.3) is 0 Å². The first-order valence-corrected chi connectivity index (χ1v) is 1.73. The molecule has 0 amide bonds. The predicted octanol–water partition coefficient (Wildman–Crippen LogP) is -0.00170. The van der Waals surface area contributed by atoms with Gasteiger partial charge in [-0.15, -0.1) is 0 Å². The molecule has 33 valence electrons. The number of aliphatic carboxylic acids is 1. The summed E-state index contributed by atoms with van der Waals surface area (Å²) in [6.45, 7) is 0. The Kier molecular flexibility index (Phi) is 9.89. The molecule has 0 heterocycles. The van der Waals surface area contributed by atoms with Gasteiger partial charge in [-0.25, -0.2) is 0 Å². The maximum Gasteiger partial charge on any atom is 0.313 e. The molecule has 0 aromatic rings. The minimum absolute atomic E-state index is 0. The van der Waals surface area contributed by atoms with Crippen LogP contribution >= 0.6 is 12.6 Å². The molecular weight excluding hydrogens is 177 g/mol. The molecule has 2 nitrogen and oxygen atoms in total. The van der Waals surface area contributed by atoms with Gasteiger partial charge in [0, 0.05) is 32.7 Å². The first-order chi connectivity index (χ1) is 2.27. The molecule has 0 aromatic carbocycles. The van der Waals surface area contributed by atoms with Gasteiger partial charge in [-0.05, 0) is 0 Å². The molecule has 0 aliphatic rings. The van der Waals surface area contributed by atoms with Crippen LogP contribution in [0.1, 0.15) is 0 Å². The molecule has 0 aliphatic carbocycles. The minimum Gasteiger partial charge on any atom is -0.481 e. The molecule has 0 fully saturated rings. The zero-order valence-corrected chi connectivity index (χ0v) is 6.82. The van der Waals surface area contributed by atoms with Crippen molar-refractivity contribution >= 4 is 18.6 Å². The Labute approximate surface area is 66.6 Å². The number of carboxylic acids is 1. The third kappa shape index (κ3) is 8.87. The fraction of sp³-hybridized carbons (Fsp3) is 0.500. The van der Waals surface area contributed by atoms with E-state index in [-0.39, 0.29) is 38.5 Å². The summed E-state index contributed by atoms with van der Waals surface area (Å²) in [5, 5.41) is 7.65. The topological polar surface area (TPSA) is 37.3 Å². The van der Waals surface area contributed by atoms with Gasteiger partial charge in [0.1, 0.15) is 0 Å². The van der Waals surface area contributed by atoms with Crippen molar-refractivity contribution in [1.82, 2.24) is 0 Å². The summed E-state index contributed by atoms with van der Waals surface area (Å²) in [7, 11) is 0. The van der Waals surface area contributed by atoms with Crippen LogP contribution in [0.15, 0.2) is 0 Å². The second kappa shape index (κ2) is 5.92. The Morgan fingerprint density at radius 3 is 2.00 bits per heavy atom. The van der Waals surface area contributed by atoms with Gasteiger partial charge < -0.3 is 5.11 Å². The summed E-state index contributed by atoms with van der Waals surface area (Å²) in [6, 6.07) is 0. The summed E-state index contributed by atoms with van der Waals surface area (Å²) in [4.78, 5) is 9.29. The molecule has 0 aromatic heterocycles. The number of carbonyl (C=O) groups is 1. The average molecular weight is 181 g/mol. The fourth-order valence-corrected chi connectivity index (χ4v) is 0.